The SMILES string of the molecule is CCC1(NCc2cc(Br)ccc2Cl)CCC1. The summed E-state index contributed by atoms with van der Waals surface area (Å²) in [4.78, 5) is 0. The summed E-state index contributed by atoms with van der Waals surface area (Å²) in [6, 6.07) is 6.02. The van der Waals surface area contributed by atoms with Crippen molar-refractivity contribution in [2.45, 2.75) is 44.7 Å². The molecule has 1 aliphatic rings. The summed E-state index contributed by atoms with van der Waals surface area (Å²) in [7, 11) is 0. The molecule has 1 fully saturated rings. The van der Waals surface area contributed by atoms with E-state index < -0.39 is 0 Å². The molecule has 0 atom stereocenters. The number of halogens is 2. The van der Waals surface area contributed by atoms with E-state index in [1.807, 2.05) is 12.1 Å². The van der Waals surface area contributed by atoms with Crippen LogP contribution in [0.4, 0.5) is 0 Å². The summed E-state index contributed by atoms with van der Waals surface area (Å²) in [6.07, 6.45) is 5.16. The quantitative estimate of drug-likeness (QED) is 0.862. The molecule has 0 spiro atoms. The fourth-order valence-corrected chi connectivity index (χ4v) is 2.81. The molecule has 0 amide bonds. The lowest BCUT2D eigenvalue weighted by Crippen LogP contribution is -2.49. The van der Waals surface area contributed by atoms with Crippen molar-refractivity contribution < 1.29 is 0 Å². The van der Waals surface area contributed by atoms with E-state index in [1.54, 1.807) is 0 Å². The Labute approximate surface area is 111 Å². The van der Waals surface area contributed by atoms with E-state index in [9.17, 15) is 0 Å². The topological polar surface area (TPSA) is 12.0 Å². The maximum absolute atomic E-state index is 6.17. The summed E-state index contributed by atoms with van der Waals surface area (Å²) in [5, 5.41) is 4.51. The van der Waals surface area contributed by atoms with Crippen LogP contribution in [0.5, 0.6) is 0 Å². The Morgan fingerprint density at radius 1 is 1.44 bits per heavy atom. The van der Waals surface area contributed by atoms with Crippen molar-refractivity contribution in [2.75, 3.05) is 0 Å². The van der Waals surface area contributed by atoms with E-state index in [4.69, 9.17) is 11.6 Å². The highest BCUT2D eigenvalue weighted by molar-refractivity contribution is 9.10. The maximum atomic E-state index is 6.17. The molecule has 16 heavy (non-hydrogen) atoms. The minimum atomic E-state index is 0.381. The average Bonchev–Trinajstić information content (AvgIpc) is 2.22. The Morgan fingerprint density at radius 2 is 2.19 bits per heavy atom. The molecule has 1 aromatic rings. The van der Waals surface area contributed by atoms with Gasteiger partial charge in [-0.25, -0.2) is 0 Å². The van der Waals surface area contributed by atoms with Crippen LogP contribution in [0.3, 0.4) is 0 Å². The number of hydrogen-bond donors (Lipinski definition) is 1. The van der Waals surface area contributed by atoms with Gasteiger partial charge in [-0.2, -0.15) is 0 Å². The molecule has 0 saturated heterocycles. The number of rotatable bonds is 4. The van der Waals surface area contributed by atoms with Crippen LogP contribution in [0.2, 0.25) is 5.02 Å². The van der Waals surface area contributed by atoms with Gasteiger partial charge in [0.25, 0.3) is 0 Å². The minimum absolute atomic E-state index is 0.381. The van der Waals surface area contributed by atoms with E-state index in [-0.39, 0.29) is 0 Å². The predicted molar refractivity (Wildman–Crippen MR) is 72.9 cm³/mol. The maximum Gasteiger partial charge on any atom is 0.0451 e. The van der Waals surface area contributed by atoms with Gasteiger partial charge in [0.1, 0.15) is 0 Å². The third kappa shape index (κ3) is 2.61. The Bertz CT molecular complexity index is 369. The van der Waals surface area contributed by atoms with Gasteiger partial charge in [-0.3, -0.25) is 0 Å². The highest BCUT2D eigenvalue weighted by atomic mass is 79.9. The van der Waals surface area contributed by atoms with Crippen LogP contribution < -0.4 is 5.32 Å². The zero-order valence-corrected chi connectivity index (χ0v) is 11.9. The molecule has 1 aliphatic carbocycles. The molecular weight excluding hydrogens is 286 g/mol. The molecule has 1 saturated carbocycles. The summed E-state index contributed by atoms with van der Waals surface area (Å²) in [5.74, 6) is 0. The van der Waals surface area contributed by atoms with Crippen molar-refractivity contribution in [2.24, 2.45) is 0 Å². The molecule has 1 N–H and O–H groups in total. The lowest BCUT2D eigenvalue weighted by atomic mass is 9.75. The summed E-state index contributed by atoms with van der Waals surface area (Å²) in [6.45, 7) is 3.13. The van der Waals surface area contributed by atoms with Crippen LogP contribution in [-0.4, -0.2) is 5.54 Å². The first-order valence-corrected chi connectivity index (χ1v) is 7.01. The van der Waals surface area contributed by atoms with Crippen LogP contribution in [-0.2, 0) is 6.54 Å². The predicted octanol–water partition coefficient (Wildman–Crippen LogP) is 4.52. The molecule has 1 aromatic carbocycles. The molecule has 0 radical (unpaired) electrons. The molecule has 0 unspecified atom stereocenters. The molecule has 1 nitrogen and oxygen atoms in total. The summed E-state index contributed by atoms with van der Waals surface area (Å²) >= 11 is 9.65. The zero-order valence-electron chi connectivity index (χ0n) is 9.52. The molecule has 88 valence electrons. The molecule has 0 bridgehead atoms. The first-order chi connectivity index (χ1) is 7.65. The Hall–Kier alpha value is -0.0500. The number of nitrogens with one attached hydrogen (secondary N) is 1. The van der Waals surface area contributed by atoms with Gasteiger partial charge in [0, 0.05) is 21.6 Å². The molecule has 2 rings (SSSR count). The highest BCUT2D eigenvalue weighted by Crippen LogP contribution is 2.35. The van der Waals surface area contributed by atoms with Crippen molar-refractivity contribution in [1.82, 2.24) is 5.32 Å². The van der Waals surface area contributed by atoms with Gasteiger partial charge >= 0.3 is 0 Å². The second-order valence-electron chi connectivity index (χ2n) is 4.58. The van der Waals surface area contributed by atoms with E-state index in [2.05, 4.69) is 34.2 Å². The van der Waals surface area contributed by atoms with Crippen LogP contribution >= 0.6 is 27.5 Å². The number of benzene rings is 1. The van der Waals surface area contributed by atoms with Crippen LogP contribution in [0.15, 0.2) is 22.7 Å². The lowest BCUT2D eigenvalue weighted by Gasteiger charge is -2.42. The molecule has 0 aliphatic heterocycles. The average molecular weight is 303 g/mol. The summed E-state index contributed by atoms with van der Waals surface area (Å²) < 4.78 is 1.09. The van der Waals surface area contributed by atoms with Crippen LogP contribution in [0.25, 0.3) is 0 Å². The smallest absolute Gasteiger partial charge is 0.0451 e. The van der Waals surface area contributed by atoms with Crippen molar-refractivity contribution in [3.05, 3.63) is 33.3 Å². The number of hydrogen-bond acceptors (Lipinski definition) is 1. The van der Waals surface area contributed by atoms with E-state index >= 15 is 0 Å². The molecule has 0 aromatic heterocycles. The largest absolute Gasteiger partial charge is 0.307 e. The molecule has 0 heterocycles. The van der Waals surface area contributed by atoms with Gasteiger partial charge in [-0.15, -0.1) is 0 Å². The van der Waals surface area contributed by atoms with Gasteiger partial charge in [0.05, 0.1) is 0 Å². The Morgan fingerprint density at radius 3 is 2.75 bits per heavy atom. The third-order valence-corrected chi connectivity index (χ3v) is 4.51. The van der Waals surface area contributed by atoms with Gasteiger partial charge < -0.3 is 5.32 Å². The first kappa shape index (κ1) is 12.4. The van der Waals surface area contributed by atoms with Gasteiger partial charge in [-0.05, 0) is 49.4 Å². The lowest BCUT2D eigenvalue weighted by molar-refractivity contribution is 0.175. The molecular formula is C13H17BrClN. The third-order valence-electron chi connectivity index (χ3n) is 3.65. The first-order valence-electron chi connectivity index (χ1n) is 5.84. The fourth-order valence-electron chi connectivity index (χ4n) is 2.22. The Balaban J connectivity index is 2.01. The van der Waals surface area contributed by atoms with Crippen molar-refractivity contribution >= 4 is 27.5 Å². The monoisotopic (exact) mass is 301 g/mol. The van der Waals surface area contributed by atoms with E-state index in [0.29, 0.717) is 5.54 Å². The second kappa shape index (κ2) is 5.07. The van der Waals surface area contributed by atoms with Gasteiger partial charge in [0.2, 0.25) is 0 Å². The minimum Gasteiger partial charge on any atom is -0.307 e. The Kier molecular flexibility index (Phi) is 3.93. The van der Waals surface area contributed by atoms with Crippen LogP contribution in [0, 0.1) is 0 Å². The fraction of sp³-hybridized carbons (Fsp3) is 0.538. The van der Waals surface area contributed by atoms with Crippen molar-refractivity contribution in [3.63, 3.8) is 0 Å². The van der Waals surface area contributed by atoms with Crippen molar-refractivity contribution in [1.29, 1.82) is 0 Å². The highest BCUT2D eigenvalue weighted by Gasteiger charge is 2.34. The van der Waals surface area contributed by atoms with Gasteiger partial charge in [-0.1, -0.05) is 34.5 Å². The normalized spacial score (nSPS) is 18.2. The second-order valence-corrected chi connectivity index (χ2v) is 5.90. The van der Waals surface area contributed by atoms with Crippen LogP contribution in [0.1, 0.15) is 38.2 Å². The zero-order chi connectivity index (χ0) is 11.6. The molecule has 3 heteroatoms. The standard InChI is InChI=1S/C13H17BrClN/c1-2-13(6-3-7-13)16-9-10-8-11(14)4-5-12(10)15/h4-5,8,16H,2-3,6-7,9H2,1H3. The van der Waals surface area contributed by atoms with Crippen molar-refractivity contribution in [3.8, 4) is 0 Å². The van der Waals surface area contributed by atoms with Gasteiger partial charge in [0.15, 0.2) is 0 Å². The van der Waals surface area contributed by atoms with E-state index in [0.717, 1.165) is 16.0 Å². The van der Waals surface area contributed by atoms with E-state index in [1.165, 1.54) is 31.2 Å². The summed E-state index contributed by atoms with van der Waals surface area (Å²) in [5.41, 5.74) is 1.56.